The van der Waals surface area contributed by atoms with E-state index in [1.165, 1.54) is 17.0 Å². The lowest BCUT2D eigenvalue weighted by atomic mass is 9.63. The zero-order valence-electron chi connectivity index (χ0n) is 17.5. The number of halogens is 1. The molecule has 166 valence electrons. The molecular formula is C26H20ClNO5. The SMILES string of the molecule is O=C(COC(=O)c1cccc(N2C(=O)[C@@H]3[C@@H]4C=C[C@H]([C@H]5C[C@H]45)[C@H]3C2=O)c1)c1ccc(Cl)cc1. The minimum absolute atomic E-state index is 0.137. The number of rotatable bonds is 5. The zero-order chi connectivity index (χ0) is 22.9. The monoisotopic (exact) mass is 461 g/mol. The van der Waals surface area contributed by atoms with Crippen molar-refractivity contribution in [2.75, 3.05) is 11.5 Å². The third kappa shape index (κ3) is 3.16. The topological polar surface area (TPSA) is 80.8 Å². The number of ether oxygens (including phenoxy) is 1. The third-order valence-corrected chi connectivity index (χ3v) is 7.76. The first-order chi connectivity index (χ1) is 15.9. The number of allylic oxidation sites excluding steroid dienone is 2. The number of nitrogens with zero attached hydrogens (tertiary/aromatic N) is 1. The van der Waals surface area contributed by atoms with Crippen molar-refractivity contribution in [3.8, 4) is 0 Å². The minimum Gasteiger partial charge on any atom is -0.454 e. The molecule has 7 rings (SSSR count). The fourth-order valence-corrected chi connectivity index (χ4v) is 6.04. The molecule has 2 bridgehead atoms. The molecule has 2 aromatic carbocycles. The van der Waals surface area contributed by atoms with Gasteiger partial charge in [0.05, 0.1) is 23.1 Å². The van der Waals surface area contributed by atoms with Crippen LogP contribution in [0.25, 0.3) is 0 Å². The van der Waals surface area contributed by atoms with Crippen molar-refractivity contribution in [2.45, 2.75) is 6.42 Å². The molecule has 7 heteroatoms. The van der Waals surface area contributed by atoms with Gasteiger partial charge in [-0.15, -0.1) is 0 Å². The number of carbonyl (C=O) groups excluding carboxylic acids is 4. The quantitative estimate of drug-likeness (QED) is 0.291. The number of hydrogen-bond acceptors (Lipinski definition) is 5. The van der Waals surface area contributed by atoms with Gasteiger partial charge in [-0.1, -0.05) is 29.8 Å². The van der Waals surface area contributed by atoms with Crippen molar-refractivity contribution in [1.29, 1.82) is 0 Å². The van der Waals surface area contributed by atoms with Crippen LogP contribution >= 0.6 is 11.6 Å². The Kier molecular flexibility index (Phi) is 4.56. The molecular weight excluding hydrogens is 442 g/mol. The van der Waals surface area contributed by atoms with Gasteiger partial charge in [-0.25, -0.2) is 9.69 Å². The summed E-state index contributed by atoms with van der Waals surface area (Å²) in [5.41, 5.74) is 0.930. The average Bonchev–Trinajstić information content (AvgIpc) is 3.61. The average molecular weight is 462 g/mol. The van der Waals surface area contributed by atoms with Crippen LogP contribution in [0.4, 0.5) is 5.69 Å². The van der Waals surface area contributed by atoms with Crippen molar-refractivity contribution in [1.82, 2.24) is 0 Å². The number of anilines is 1. The number of ketones is 1. The second-order valence-corrected chi connectivity index (χ2v) is 9.66. The molecule has 4 aliphatic carbocycles. The van der Waals surface area contributed by atoms with Gasteiger partial charge in [-0.2, -0.15) is 0 Å². The second kappa shape index (κ2) is 7.39. The van der Waals surface area contributed by atoms with Crippen LogP contribution in [0.15, 0.2) is 60.7 Å². The molecule has 0 spiro atoms. The first kappa shape index (κ1) is 20.4. The van der Waals surface area contributed by atoms with Gasteiger partial charge in [0.25, 0.3) is 0 Å². The van der Waals surface area contributed by atoms with Crippen molar-refractivity contribution < 1.29 is 23.9 Å². The standard InChI is InChI=1S/C26H20ClNO5/c27-15-6-4-13(5-7-15)21(29)12-33-26(32)14-2-1-3-16(10-14)28-24(30)22-17-8-9-18(20-11-19(17)20)23(22)25(28)31/h1-10,17-20,22-23H,11-12H2/t17-,18-,19-,20-,22-,23-/m1/s1. The van der Waals surface area contributed by atoms with E-state index in [0.29, 0.717) is 28.1 Å². The Bertz CT molecular complexity index is 1200. The van der Waals surface area contributed by atoms with Gasteiger partial charge in [-0.05, 0) is 72.6 Å². The maximum Gasteiger partial charge on any atom is 0.338 e. The predicted octanol–water partition coefficient (Wildman–Crippen LogP) is 3.94. The molecule has 3 fully saturated rings. The highest BCUT2D eigenvalue weighted by Gasteiger charge is 2.67. The maximum absolute atomic E-state index is 13.3. The number of esters is 1. The Labute approximate surface area is 195 Å². The highest BCUT2D eigenvalue weighted by Crippen LogP contribution is 2.65. The van der Waals surface area contributed by atoms with Crippen LogP contribution in [-0.2, 0) is 14.3 Å². The summed E-state index contributed by atoms with van der Waals surface area (Å²) in [7, 11) is 0. The van der Waals surface area contributed by atoms with Gasteiger partial charge in [0.15, 0.2) is 12.4 Å². The van der Waals surface area contributed by atoms with Crippen LogP contribution < -0.4 is 4.90 Å². The van der Waals surface area contributed by atoms with Crippen LogP contribution in [0, 0.1) is 35.5 Å². The van der Waals surface area contributed by atoms with E-state index in [2.05, 4.69) is 12.2 Å². The van der Waals surface area contributed by atoms with E-state index < -0.39 is 12.6 Å². The predicted molar refractivity (Wildman–Crippen MR) is 120 cm³/mol. The van der Waals surface area contributed by atoms with Crippen LogP contribution in [0.3, 0.4) is 0 Å². The zero-order valence-corrected chi connectivity index (χ0v) is 18.3. The molecule has 33 heavy (non-hydrogen) atoms. The summed E-state index contributed by atoms with van der Waals surface area (Å²) in [6.07, 6.45) is 5.35. The van der Waals surface area contributed by atoms with Crippen molar-refractivity contribution >= 4 is 40.9 Å². The molecule has 0 unspecified atom stereocenters. The number of Topliss-reactive ketones (excluding diaryl/α,β-unsaturated/α-hetero) is 1. The van der Waals surface area contributed by atoms with Gasteiger partial charge >= 0.3 is 5.97 Å². The van der Waals surface area contributed by atoms with Crippen LogP contribution in [0.1, 0.15) is 27.1 Å². The molecule has 6 atom stereocenters. The Morgan fingerprint density at radius 1 is 0.909 bits per heavy atom. The van der Waals surface area contributed by atoms with E-state index in [0.717, 1.165) is 6.42 Å². The number of benzene rings is 2. The molecule has 2 amide bonds. The number of imide groups is 1. The summed E-state index contributed by atoms with van der Waals surface area (Å²) in [6.45, 7) is -0.422. The van der Waals surface area contributed by atoms with E-state index in [1.807, 2.05) is 0 Å². The van der Waals surface area contributed by atoms with Gasteiger partial charge in [0.2, 0.25) is 11.8 Å². The normalized spacial score (nSPS) is 30.8. The molecule has 2 saturated carbocycles. The summed E-state index contributed by atoms with van der Waals surface area (Å²) in [6, 6.07) is 12.6. The molecule has 1 aliphatic heterocycles. The fourth-order valence-electron chi connectivity index (χ4n) is 5.92. The third-order valence-electron chi connectivity index (χ3n) is 7.50. The van der Waals surface area contributed by atoms with E-state index in [1.54, 1.807) is 36.4 Å². The highest BCUT2D eigenvalue weighted by molar-refractivity contribution is 6.30. The molecule has 1 heterocycles. The lowest BCUT2D eigenvalue weighted by molar-refractivity contribution is -0.124. The molecule has 6 nitrogen and oxygen atoms in total. The smallest absolute Gasteiger partial charge is 0.338 e. The summed E-state index contributed by atoms with van der Waals surface area (Å²) in [4.78, 5) is 52.7. The van der Waals surface area contributed by atoms with Gasteiger partial charge in [-0.3, -0.25) is 14.4 Å². The molecule has 0 aromatic heterocycles. The molecule has 0 radical (unpaired) electrons. The van der Waals surface area contributed by atoms with Crippen molar-refractivity contribution in [3.05, 3.63) is 76.8 Å². The lowest BCUT2D eigenvalue weighted by Gasteiger charge is -2.37. The highest BCUT2D eigenvalue weighted by atomic mass is 35.5. The Morgan fingerprint density at radius 2 is 1.55 bits per heavy atom. The van der Waals surface area contributed by atoms with Crippen LogP contribution in [0.5, 0.6) is 0 Å². The van der Waals surface area contributed by atoms with Crippen LogP contribution in [-0.4, -0.2) is 30.2 Å². The number of amides is 2. The second-order valence-electron chi connectivity index (χ2n) is 9.22. The van der Waals surface area contributed by atoms with E-state index in [9.17, 15) is 19.2 Å². The molecule has 1 saturated heterocycles. The van der Waals surface area contributed by atoms with Crippen molar-refractivity contribution in [2.24, 2.45) is 35.5 Å². The van der Waals surface area contributed by atoms with Gasteiger partial charge < -0.3 is 4.74 Å². The largest absolute Gasteiger partial charge is 0.454 e. The fraction of sp³-hybridized carbons (Fsp3) is 0.308. The molecule has 5 aliphatic rings. The Hall–Kier alpha value is -3.25. The first-order valence-corrected chi connectivity index (χ1v) is 11.4. The van der Waals surface area contributed by atoms with Gasteiger partial charge in [0.1, 0.15) is 0 Å². The summed E-state index contributed by atoms with van der Waals surface area (Å²) in [5, 5.41) is 0.507. The summed E-state index contributed by atoms with van der Waals surface area (Å²) in [5.74, 6) is -0.693. The minimum atomic E-state index is -0.696. The lowest BCUT2D eigenvalue weighted by Crippen LogP contribution is -2.40. The van der Waals surface area contributed by atoms with E-state index in [-0.39, 0.29) is 46.8 Å². The molecule has 0 N–H and O–H groups in total. The Balaban J connectivity index is 1.18. The van der Waals surface area contributed by atoms with Crippen LogP contribution in [0.2, 0.25) is 5.02 Å². The number of hydrogen-bond donors (Lipinski definition) is 0. The molecule has 2 aromatic rings. The first-order valence-electron chi connectivity index (χ1n) is 11.1. The maximum atomic E-state index is 13.3. The summed E-state index contributed by atoms with van der Waals surface area (Å²) < 4.78 is 5.18. The number of carbonyl (C=O) groups is 4. The summed E-state index contributed by atoms with van der Waals surface area (Å²) >= 11 is 5.83. The Morgan fingerprint density at radius 3 is 2.18 bits per heavy atom. The van der Waals surface area contributed by atoms with E-state index >= 15 is 0 Å². The van der Waals surface area contributed by atoms with Crippen molar-refractivity contribution in [3.63, 3.8) is 0 Å². The van der Waals surface area contributed by atoms with E-state index in [4.69, 9.17) is 16.3 Å². The van der Waals surface area contributed by atoms with Gasteiger partial charge in [0, 0.05) is 10.6 Å².